The molecule has 60 valence electrons. The Morgan fingerprint density at radius 3 is 2.09 bits per heavy atom. The summed E-state index contributed by atoms with van der Waals surface area (Å²) in [4.78, 5) is 21.7. The number of aliphatic hydroxyl groups is 2. The lowest BCUT2D eigenvalue weighted by molar-refractivity contribution is -0.127. The minimum Gasteiger partial charge on any atom is -0.515 e. The summed E-state index contributed by atoms with van der Waals surface area (Å²) in [7, 11) is 0. The predicted octanol–water partition coefficient (Wildman–Crippen LogP) is -0.279. The molecule has 0 radical (unpaired) electrons. The molecule has 1 aliphatic carbocycles. The van der Waals surface area contributed by atoms with Crippen molar-refractivity contribution in [1.82, 2.24) is 0 Å². The van der Waals surface area contributed by atoms with Crippen molar-refractivity contribution in [2.75, 3.05) is 0 Å². The average Bonchev–Trinajstić information content (AvgIpc) is 1.85. The number of carbonyl (C=O) groups is 2. The van der Waals surface area contributed by atoms with Crippen LogP contribution in [0, 0.1) is 0 Å². The van der Waals surface area contributed by atoms with E-state index in [-0.39, 0.29) is 18.4 Å². The van der Waals surface area contributed by atoms with Crippen LogP contribution >= 0.6 is 0 Å². The van der Waals surface area contributed by atoms with Crippen LogP contribution in [0.25, 0.3) is 0 Å². The maximum absolute atomic E-state index is 10.8. The van der Waals surface area contributed by atoms with Crippen molar-refractivity contribution in [2.45, 2.75) is 18.9 Å². The van der Waals surface area contributed by atoms with E-state index in [0.29, 0.717) is 6.26 Å². The lowest BCUT2D eigenvalue weighted by atomic mass is 9.91. The molecule has 1 aliphatic rings. The zero-order valence-electron chi connectivity index (χ0n) is 5.78. The van der Waals surface area contributed by atoms with Crippen molar-refractivity contribution in [1.29, 1.82) is 0 Å². The van der Waals surface area contributed by atoms with Gasteiger partial charge in [-0.25, -0.2) is 0 Å². The second-order valence-electron chi connectivity index (χ2n) is 2.45. The van der Waals surface area contributed by atoms with Crippen LogP contribution in [0.5, 0.6) is 0 Å². The SMILES string of the molecule is O=C1CC(O)CC(=O)C1=CO. The largest absolute Gasteiger partial charge is 0.515 e. The molecule has 0 atom stereocenters. The Balaban J connectivity index is 2.84. The van der Waals surface area contributed by atoms with Crippen molar-refractivity contribution in [2.24, 2.45) is 0 Å². The molecule has 0 spiro atoms. The van der Waals surface area contributed by atoms with Crippen molar-refractivity contribution in [3.63, 3.8) is 0 Å². The van der Waals surface area contributed by atoms with Crippen LogP contribution in [0.1, 0.15) is 12.8 Å². The molecule has 1 saturated carbocycles. The van der Waals surface area contributed by atoms with E-state index in [2.05, 4.69) is 0 Å². The highest BCUT2D eigenvalue weighted by atomic mass is 16.3. The van der Waals surface area contributed by atoms with E-state index >= 15 is 0 Å². The second-order valence-corrected chi connectivity index (χ2v) is 2.45. The molecule has 0 unspecified atom stereocenters. The maximum Gasteiger partial charge on any atom is 0.172 e. The number of allylic oxidation sites excluding steroid dienone is 1. The van der Waals surface area contributed by atoms with Gasteiger partial charge in [0.1, 0.15) is 0 Å². The number of ketones is 2. The van der Waals surface area contributed by atoms with Gasteiger partial charge in [0.05, 0.1) is 17.9 Å². The molecule has 0 aromatic heterocycles. The molecular weight excluding hydrogens is 148 g/mol. The molecule has 0 heterocycles. The van der Waals surface area contributed by atoms with Crippen molar-refractivity contribution >= 4 is 11.6 Å². The first-order valence-corrected chi connectivity index (χ1v) is 3.24. The van der Waals surface area contributed by atoms with Gasteiger partial charge in [0.2, 0.25) is 0 Å². The second kappa shape index (κ2) is 2.84. The lowest BCUT2D eigenvalue weighted by Gasteiger charge is -2.15. The summed E-state index contributed by atoms with van der Waals surface area (Å²) in [6.07, 6.45) is -0.508. The Kier molecular flexibility index (Phi) is 2.05. The maximum atomic E-state index is 10.8. The number of hydrogen-bond donors (Lipinski definition) is 2. The van der Waals surface area contributed by atoms with E-state index in [1.807, 2.05) is 0 Å². The summed E-state index contributed by atoms with van der Waals surface area (Å²) in [5, 5.41) is 17.3. The number of rotatable bonds is 0. The van der Waals surface area contributed by atoms with Gasteiger partial charge < -0.3 is 10.2 Å². The van der Waals surface area contributed by atoms with Crippen molar-refractivity contribution < 1.29 is 19.8 Å². The normalized spacial score (nSPS) is 25.5. The zero-order valence-corrected chi connectivity index (χ0v) is 5.78. The monoisotopic (exact) mass is 156 g/mol. The third-order valence-electron chi connectivity index (χ3n) is 1.57. The molecule has 1 fully saturated rings. The third kappa shape index (κ3) is 1.46. The van der Waals surface area contributed by atoms with Crippen LogP contribution in [-0.2, 0) is 9.59 Å². The summed E-state index contributed by atoms with van der Waals surface area (Å²) >= 11 is 0. The summed E-state index contributed by atoms with van der Waals surface area (Å²) in [5.41, 5.74) is -0.199. The fraction of sp³-hybridized carbons (Fsp3) is 0.429. The molecule has 1 rings (SSSR count). The van der Waals surface area contributed by atoms with Gasteiger partial charge in [0.15, 0.2) is 11.6 Å². The Labute approximate surface area is 63.1 Å². The van der Waals surface area contributed by atoms with Crippen LogP contribution in [0.2, 0.25) is 0 Å². The molecule has 4 nitrogen and oxygen atoms in total. The predicted molar refractivity (Wildman–Crippen MR) is 36.0 cm³/mol. The standard InChI is InChI=1S/C7H8O4/c8-3-5-6(10)1-4(9)2-7(5)11/h3-4,8-9H,1-2H2. The van der Waals surface area contributed by atoms with Crippen molar-refractivity contribution in [3.05, 3.63) is 11.8 Å². The van der Waals surface area contributed by atoms with Gasteiger partial charge in [-0.05, 0) is 0 Å². The van der Waals surface area contributed by atoms with Crippen LogP contribution < -0.4 is 0 Å². The van der Waals surface area contributed by atoms with Crippen LogP contribution in [-0.4, -0.2) is 27.9 Å². The molecule has 11 heavy (non-hydrogen) atoms. The quantitative estimate of drug-likeness (QED) is 0.287. The third-order valence-corrected chi connectivity index (χ3v) is 1.57. The van der Waals surface area contributed by atoms with E-state index in [1.165, 1.54) is 0 Å². The first-order valence-electron chi connectivity index (χ1n) is 3.24. The Bertz CT molecular complexity index is 209. The van der Waals surface area contributed by atoms with E-state index in [9.17, 15) is 9.59 Å². The fourth-order valence-electron chi connectivity index (χ4n) is 1.02. The molecule has 2 N–H and O–H groups in total. The average molecular weight is 156 g/mol. The highest BCUT2D eigenvalue weighted by molar-refractivity contribution is 6.21. The van der Waals surface area contributed by atoms with Crippen molar-refractivity contribution in [3.8, 4) is 0 Å². The Morgan fingerprint density at radius 2 is 1.73 bits per heavy atom. The van der Waals surface area contributed by atoms with Crippen LogP contribution in [0.3, 0.4) is 0 Å². The molecule has 4 heteroatoms. The molecule has 0 aromatic carbocycles. The summed E-state index contributed by atoms with van der Waals surface area (Å²) in [6, 6.07) is 0. The first-order chi connectivity index (χ1) is 5.15. The number of aliphatic hydroxyl groups excluding tert-OH is 2. The van der Waals surface area contributed by atoms with E-state index < -0.39 is 17.7 Å². The summed E-state index contributed by atoms with van der Waals surface area (Å²) < 4.78 is 0. The van der Waals surface area contributed by atoms with Gasteiger partial charge in [-0.3, -0.25) is 9.59 Å². The first kappa shape index (κ1) is 7.94. The van der Waals surface area contributed by atoms with Gasteiger partial charge in [-0.1, -0.05) is 0 Å². The Hall–Kier alpha value is -1.16. The number of carbonyl (C=O) groups excluding carboxylic acids is 2. The van der Waals surface area contributed by atoms with E-state index in [0.717, 1.165) is 0 Å². The molecule has 0 aliphatic heterocycles. The van der Waals surface area contributed by atoms with Gasteiger partial charge in [0.25, 0.3) is 0 Å². The minimum atomic E-state index is -0.876. The molecule has 0 bridgehead atoms. The van der Waals surface area contributed by atoms with E-state index in [1.54, 1.807) is 0 Å². The fourth-order valence-corrected chi connectivity index (χ4v) is 1.02. The van der Waals surface area contributed by atoms with Gasteiger partial charge in [0, 0.05) is 12.8 Å². The number of hydrogen-bond acceptors (Lipinski definition) is 4. The van der Waals surface area contributed by atoms with Crippen LogP contribution in [0.15, 0.2) is 11.8 Å². The molecule has 0 amide bonds. The van der Waals surface area contributed by atoms with E-state index in [4.69, 9.17) is 10.2 Å². The smallest absolute Gasteiger partial charge is 0.172 e. The van der Waals surface area contributed by atoms with Crippen LogP contribution in [0.4, 0.5) is 0 Å². The molecule has 0 saturated heterocycles. The zero-order chi connectivity index (χ0) is 8.43. The molecule has 0 aromatic rings. The molecular formula is C7H8O4. The highest BCUT2D eigenvalue weighted by Crippen LogP contribution is 2.16. The lowest BCUT2D eigenvalue weighted by Crippen LogP contribution is -2.29. The van der Waals surface area contributed by atoms with Gasteiger partial charge in [-0.2, -0.15) is 0 Å². The Morgan fingerprint density at radius 1 is 1.27 bits per heavy atom. The minimum absolute atomic E-state index is 0.0713. The summed E-state index contributed by atoms with van der Waals surface area (Å²) in [6.45, 7) is 0. The van der Waals surface area contributed by atoms with Gasteiger partial charge in [-0.15, -0.1) is 0 Å². The topological polar surface area (TPSA) is 74.6 Å². The highest BCUT2D eigenvalue weighted by Gasteiger charge is 2.28. The summed E-state index contributed by atoms with van der Waals surface area (Å²) in [5.74, 6) is -0.979. The number of Topliss-reactive ketones (excluding diaryl/α,β-unsaturated/α-hetero) is 2. The van der Waals surface area contributed by atoms with Gasteiger partial charge >= 0.3 is 0 Å².